The van der Waals surface area contributed by atoms with E-state index in [0.717, 1.165) is 38.1 Å². The van der Waals surface area contributed by atoms with Crippen LogP contribution in [0.4, 0.5) is 13.2 Å². The summed E-state index contributed by atoms with van der Waals surface area (Å²) in [5.74, 6) is -0.315. The molecule has 0 saturated carbocycles. The van der Waals surface area contributed by atoms with Crippen LogP contribution in [0.25, 0.3) is 0 Å². The summed E-state index contributed by atoms with van der Waals surface area (Å²) < 4.78 is 40.2. The lowest BCUT2D eigenvalue weighted by molar-refractivity contribution is -0.137. The second-order valence-electron chi connectivity index (χ2n) is 6.54. The fourth-order valence-electron chi connectivity index (χ4n) is 3.10. The molecule has 1 N–H and O–H groups in total. The lowest BCUT2D eigenvalue weighted by Crippen LogP contribution is -2.32. The van der Waals surface area contributed by atoms with Gasteiger partial charge in [-0.05, 0) is 43.1 Å². The monoisotopic (exact) mass is 402 g/mol. The molecule has 9 heteroatoms. The van der Waals surface area contributed by atoms with Crippen molar-refractivity contribution in [3.05, 3.63) is 53.3 Å². The summed E-state index contributed by atoms with van der Waals surface area (Å²) in [6.45, 7) is 1.89. The number of piperidine rings is 1. The topological polar surface area (TPSA) is 50.2 Å². The molecule has 5 nitrogen and oxygen atoms in total. The molecular weight excluding hydrogens is 381 g/mol. The van der Waals surface area contributed by atoms with Crippen LogP contribution in [-0.2, 0) is 12.7 Å². The minimum Gasteiger partial charge on any atom is -0.336 e. The van der Waals surface area contributed by atoms with E-state index < -0.39 is 11.7 Å². The summed E-state index contributed by atoms with van der Waals surface area (Å²) in [6, 6.07) is 6.88. The molecule has 0 spiro atoms. The van der Waals surface area contributed by atoms with E-state index in [1.807, 2.05) is 0 Å². The van der Waals surface area contributed by atoms with Gasteiger partial charge in [-0.25, -0.2) is 0 Å². The maximum Gasteiger partial charge on any atom is 0.416 e. The van der Waals surface area contributed by atoms with Crippen molar-refractivity contribution in [3.63, 3.8) is 0 Å². The van der Waals surface area contributed by atoms with Crippen molar-refractivity contribution in [2.45, 2.75) is 31.6 Å². The standard InChI is InChI=1S/C18H21F3N4O.ClH/c1-24(12-13-4-2-5-14(10-13)18(19,20)21)17(26)16-7-9-25(23-16)15-6-3-8-22-11-15;/h2,4-5,7,9-10,15,22H,3,6,8,11-12H2,1H3;1H. The van der Waals surface area contributed by atoms with Gasteiger partial charge in [0.25, 0.3) is 5.91 Å². The number of carbonyl (C=O) groups is 1. The summed E-state index contributed by atoms with van der Waals surface area (Å²) in [4.78, 5) is 13.9. The van der Waals surface area contributed by atoms with Crippen LogP contribution in [0.1, 0.15) is 40.5 Å². The molecule has 1 aliphatic rings. The average Bonchev–Trinajstić information content (AvgIpc) is 3.11. The zero-order valence-corrected chi connectivity index (χ0v) is 15.7. The molecule has 1 amide bonds. The Hall–Kier alpha value is -2.06. The van der Waals surface area contributed by atoms with Gasteiger partial charge in [0.05, 0.1) is 11.6 Å². The zero-order valence-electron chi connectivity index (χ0n) is 14.9. The van der Waals surface area contributed by atoms with Crippen molar-refractivity contribution < 1.29 is 18.0 Å². The smallest absolute Gasteiger partial charge is 0.336 e. The highest BCUT2D eigenvalue weighted by Crippen LogP contribution is 2.29. The first kappa shape index (κ1) is 21.2. The van der Waals surface area contributed by atoms with Gasteiger partial charge in [0.1, 0.15) is 5.69 Å². The van der Waals surface area contributed by atoms with Crippen LogP contribution in [0.15, 0.2) is 36.5 Å². The average molecular weight is 403 g/mol. The number of carbonyl (C=O) groups excluding carboxylic acids is 1. The van der Waals surface area contributed by atoms with E-state index in [0.29, 0.717) is 11.3 Å². The quantitative estimate of drug-likeness (QED) is 0.851. The molecule has 1 aromatic carbocycles. The third kappa shape index (κ3) is 5.23. The summed E-state index contributed by atoms with van der Waals surface area (Å²) in [5.41, 5.74) is 0.00145. The summed E-state index contributed by atoms with van der Waals surface area (Å²) in [5, 5.41) is 7.66. The number of rotatable bonds is 4. The molecule has 1 unspecified atom stereocenters. The number of nitrogens with zero attached hydrogens (tertiary/aromatic N) is 3. The Bertz CT molecular complexity index is 772. The normalized spacial score (nSPS) is 17.3. The van der Waals surface area contributed by atoms with Crippen molar-refractivity contribution in [1.82, 2.24) is 20.0 Å². The minimum absolute atomic E-state index is 0. The Kier molecular flexibility index (Phi) is 6.89. The molecule has 0 aliphatic carbocycles. The largest absolute Gasteiger partial charge is 0.416 e. The predicted molar refractivity (Wildman–Crippen MR) is 97.9 cm³/mol. The molecule has 2 heterocycles. The Labute approximate surface area is 161 Å². The van der Waals surface area contributed by atoms with Gasteiger partial charge in [0, 0.05) is 26.3 Å². The van der Waals surface area contributed by atoms with E-state index >= 15 is 0 Å². The van der Waals surface area contributed by atoms with Crippen LogP contribution in [0.2, 0.25) is 0 Å². The Balaban J connectivity index is 0.00000261. The number of nitrogens with one attached hydrogen (secondary N) is 1. The minimum atomic E-state index is -4.40. The number of alkyl halides is 3. The van der Waals surface area contributed by atoms with E-state index in [-0.39, 0.29) is 30.9 Å². The SMILES string of the molecule is CN(Cc1cccc(C(F)(F)F)c1)C(=O)c1ccn(C2CCCNC2)n1.Cl. The second kappa shape index (κ2) is 8.75. The Morgan fingerprint density at radius 2 is 2.15 bits per heavy atom. The highest BCUT2D eigenvalue weighted by Gasteiger charge is 2.30. The number of halogens is 4. The first-order chi connectivity index (χ1) is 12.3. The number of hydrogen-bond donors (Lipinski definition) is 1. The van der Waals surface area contributed by atoms with Crippen molar-refractivity contribution in [3.8, 4) is 0 Å². The molecular formula is C18H22ClF3N4O. The number of aromatic nitrogens is 2. The molecule has 1 saturated heterocycles. The van der Waals surface area contributed by atoms with Crippen LogP contribution in [0.5, 0.6) is 0 Å². The molecule has 148 valence electrons. The van der Waals surface area contributed by atoms with E-state index in [9.17, 15) is 18.0 Å². The third-order valence-corrected chi connectivity index (χ3v) is 4.49. The lowest BCUT2D eigenvalue weighted by atomic mass is 10.1. The predicted octanol–water partition coefficient (Wildman–Crippen LogP) is 3.52. The van der Waals surface area contributed by atoms with E-state index in [1.54, 1.807) is 30.1 Å². The maximum absolute atomic E-state index is 12.8. The van der Waals surface area contributed by atoms with Crippen LogP contribution >= 0.6 is 12.4 Å². The number of benzene rings is 1. The highest BCUT2D eigenvalue weighted by molar-refractivity contribution is 5.92. The van der Waals surface area contributed by atoms with Crippen LogP contribution in [0.3, 0.4) is 0 Å². The highest BCUT2D eigenvalue weighted by atomic mass is 35.5. The number of amides is 1. The Morgan fingerprint density at radius 1 is 1.37 bits per heavy atom. The second-order valence-corrected chi connectivity index (χ2v) is 6.54. The fraction of sp³-hybridized carbons (Fsp3) is 0.444. The lowest BCUT2D eigenvalue weighted by Gasteiger charge is -2.23. The van der Waals surface area contributed by atoms with Gasteiger partial charge in [-0.15, -0.1) is 12.4 Å². The molecule has 27 heavy (non-hydrogen) atoms. The van der Waals surface area contributed by atoms with Crippen molar-refractivity contribution in [2.24, 2.45) is 0 Å². The van der Waals surface area contributed by atoms with E-state index in [4.69, 9.17) is 0 Å². The third-order valence-electron chi connectivity index (χ3n) is 4.49. The molecule has 1 atom stereocenters. The first-order valence-corrected chi connectivity index (χ1v) is 8.52. The van der Waals surface area contributed by atoms with E-state index in [2.05, 4.69) is 10.4 Å². The van der Waals surface area contributed by atoms with Crippen molar-refractivity contribution >= 4 is 18.3 Å². The van der Waals surface area contributed by atoms with E-state index in [1.165, 1.54) is 11.0 Å². The fourth-order valence-corrected chi connectivity index (χ4v) is 3.10. The van der Waals surface area contributed by atoms with Gasteiger partial charge < -0.3 is 10.2 Å². The Morgan fingerprint density at radius 3 is 2.81 bits per heavy atom. The van der Waals surface area contributed by atoms with Gasteiger partial charge in [0.2, 0.25) is 0 Å². The van der Waals surface area contributed by atoms with Crippen LogP contribution in [0, 0.1) is 0 Å². The van der Waals surface area contributed by atoms with Gasteiger partial charge >= 0.3 is 6.18 Å². The zero-order chi connectivity index (χ0) is 18.7. The van der Waals surface area contributed by atoms with Gasteiger partial charge in [0.15, 0.2) is 0 Å². The molecule has 2 aromatic rings. The van der Waals surface area contributed by atoms with Gasteiger partial charge in [-0.1, -0.05) is 12.1 Å². The van der Waals surface area contributed by atoms with Crippen LogP contribution < -0.4 is 5.32 Å². The maximum atomic E-state index is 12.8. The molecule has 1 aliphatic heterocycles. The summed E-state index contributed by atoms with van der Waals surface area (Å²) in [6.07, 6.45) is -0.556. The molecule has 3 rings (SSSR count). The van der Waals surface area contributed by atoms with Crippen LogP contribution in [-0.4, -0.2) is 40.7 Å². The molecule has 1 aromatic heterocycles. The van der Waals surface area contributed by atoms with Gasteiger partial charge in [-0.2, -0.15) is 18.3 Å². The van der Waals surface area contributed by atoms with Crippen molar-refractivity contribution in [2.75, 3.05) is 20.1 Å². The van der Waals surface area contributed by atoms with Gasteiger partial charge in [-0.3, -0.25) is 9.48 Å². The number of hydrogen-bond acceptors (Lipinski definition) is 3. The first-order valence-electron chi connectivity index (χ1n) is 8.52. The molecule has 1 fully saturated rings. The summed E-state index contributed by atoms with van der Waals surface area (Å²) in [7, 11) is 1.56. The van der Waals surface area contributed by atoms with Crippen molar-refractivity contribution in [1.29, 1.82) is 0 Å². The summed E-state index contributed by atoms with van der Waals surface area (Å²) >= 11 is 0. The molecule has 0 bridgehead atoms. The molecule has 0 radical (unpaired) electrons.